The van der Waals surface area contributed by atoms with Gasteiger partial charge in [0.2, 0.25) is 0 Å². The zero-order valence-corrected chi connectivity index (χ0v) is 11.0. The summed E-state index contributed by atoms with van der Waals surface area (Å²) >= 11 is 0. The molecule has 1 rings (SSSR count). The molecule has 1 aliphatic carbocycles. The number of hydrogen-bond donors (Lipinski definition) is 1. The molecule has 3 atom stereocenters. The predicted molar refractivity (Wildman–Crippen MR) is 66.6 cm³/mol. The van der Waals surface area contributed by atoms with Crippen LogP contribution < -0.4 is 5.73 Å². The summed E-state index contributed by atoms with van der Waals surface area (Å²) < 4.78 is 10.7. The lowest BCUT2D eigenvalue weighted by molar-refractivity contribution is -0.154. The molecule has 4 heteroatoms. The highest BCUT2D eigenvalue weighted by Crippen LogP contribution is 2.23. The molecule has 1 aliphatic rings. The van der Waals surface area contributed by atoms with Crippen molar-refractivity contribution in [1.82, 2.24) is 0 Å². The van der Waals surface area contributed by atoms with Gasteiger partial charge in [0.1, 0.15) is 12.1 Å². The van der Waals surface area contributed by atoms with Gasteiger partial charge in [-0.3, -0.25) is 4.79 Å². The lowest BCUT2D eigenvalue weighted by atomic mass is 9.95. The van der Waals surface area contributed by atoms with E-state index >= 15 is 0 Å². The van der Waals surface area contributed by atoms with Gasteiger partial charge in [-0.25, -0.2) is 0 Å². The Morgan fingerprint density at radius 3 is 2.76 bits per heavy atom. The second-order valence-electron chi connectivity index (χ2n) is 4.83. The van der Waals surface area contributed by atoms with E-state index in [2.05, 4.69) is 6.92 Å². The normalized spacial score (nSPS) is 26.5. The van der Waals surface area contributed by atoms with Crippen molar-refractivity contribution >= 4 is 5.97 Å². The number of carbonyl (C=O) groups is 1. The van der Waals surface area contributed by atoms with Gasteiger partial charge in [0.25, 0.3) is 0 Å². The van der Waals surface area contributed by atoms with E-state index in [-0.39, 0.29) is 18.2 Å². The molecule has 0 aliphatic heterocycles. The van der Waals surface area contributed by atoms with E-state index in [4.69, 9.17) is 15.2 Å². The average molecular weight is 243 g/mol. The number of nitrogens with two attached hydrogens (primary N) is 1. The predicted octanol–water partition coefficient (Wildman–Crippen LogP) is 2.00. The molecule has 0 aromatic heterocycles. The fourth-order valence-electron chi connectivity index (χ4n) is 2.22. The molecule has 0 radical (unpaired) electrons. The lowest BCUT2D eigenvalue weighted by Crippen LogP contribution is -2.37. The van der Waals surface area contributed by atoms with Crippen molar-refractivity contribution in [2.75, 3.05) is 7.11 Å². The first-order valence-electron chi connectivity index (χ1n) is 6.66. The zero-order chi connectivity index (χ0) is 12.7. The molecule has 0 heterocycles. The van der Waals surface area contributed by atoms with Gasteiger partial charge in [-0.1, -0.05) is 19.8 Å². The minimum Gasteiger partial charge on any atom is -0.461 e. The number of hydrogen-bond acceptors (Lipinski definition) is 4. The number of rotatable bonds is 6. The molecule has 0 spiro atoms. The molecule has 3 unspecified atom stereocenters. The number of carbonyl (C=O) groups excluding carboxylic acids is 1. The molecule has 0 bridgehead atoms. The third-order valence-electron chi connectivity index (χ3n) is 3.37. The van der Waals surface area contributed by atoms with Crippen LogP contribution >= 0.6 is 0 Å². The van der Waals surface area contributed by atoms with Gasteiger partial charge in [-0.2, -0.15) is 0 Å². The maximum absolute atomic E-state index is 11.7. The minimum absolute atomic E-state index is 0.00567. The summed E-state index contributed by atoms with van der Waals surface area (Å²) in [4.78, 5) is 11.7. The van der Waals surface area contributed by atoms with Crippen molar-refractivity contribution in [1.29, 1.82) is 0 Å². The first-order valence-corrected chi connectivity index (χ1v) is 6.66. The Kier molecular flexibility index (Phi) is 6.52. The van der Waals surface area contributed by atoms with Gasteiger partial charge >= 0.3 is 5.97 Å². The van der Waals surface area contributed by atoms with Gasteiger partial charge in [0.15, 0.2) is 0 Å². The smallest absolute Gasteiger partial charge is 0.323 e. The van der Waals surface area contributed by atoms with Crippen molar-refractivity contribution < 1.29 is 14.3 Å². The van der Waals surface area contributed by atoms with Gasteiger partial charge in [0.05, 0.1) is 6.10 Å². The lowest BCUT2D eigenvalue weighted by Gasteiger charge is -2.28. The van der Waals surface area contributed by atoms with Gasteiger partial charge in [0, 0.05) is 13.5 Å². The first kappa shape index (κ1) is 14.5. The van der Waals surface area contributed by atoms with Gasteiger partial charge < -0.3 is 15.2 Å². The molecule has 0 saturated heterocycles. The molecule has 0 aromatic rings. The molecule has 2 N–H and O–H groups in total. The molecule has 0 amide bonds. The number of methoxy groups -OCH3 is 1. The van der Waals surface area contributed by atoms with Crippen LogP contribution in [0.5, 0.6) is 0 Å². The Morgan fingerprint density at radius 1 is 1.41 bits per heavy atom. The Morgan fingerprint density at radius 2 is 2.12 bits per heavy atom. The highest BCUT2D eigenvalue weighted by molar-refractivity contribution is 5.75. The van der Waals surface area contributed by atoms with Crippen LogP contribution in [-0.4, -0.2) is 31.3 Å². The highest BCUT2D eigenvalue weighted by atomic mass is 16.5. The SMILES string of the molecule is CCCCC(N)C(=O)OC1CCCC(OC)C1. The summed E-state index contributed by atoms with van der Waals surface area (Å²) in [5.41, 5.74) is 5.78. The van der Waals surface area contributed by atoms with Gasteiger partial charge in [-0.05, 0) is 25.7 Å². The fourth-order valence-corrected chi connectivity index (χ4v) is 2.22. The summed E-state index contributed by atoms with van der Waals surface area (Å²) in [6.07, 6.45) is 6.83. The highest BCUT2D eigenvalue weighted by Gasteiger charge is 2.26. The van der Waals surface area contributed by atoms with Crippen molar-refractivity contribution in [2.45, 2.75) is 70.1 Å². The molecule has 1 saturated carbocycles. The Hall–Kier alpha value is -0.610. The van der Waals surface area contributed by atoms with E-state index in [0.29, 0.717) is 0 Å². The molecular weight excluding hydrogens is 218 g/mol. The summed E-state index contributed by atoms with van der Waals surface area (Å²) in [5.74, 6) is -0.250. The number of esters is 1. The molecule has 100 valence electrons. The van der Waals surface area contributed by atoms with Crippen LogP contribution in [0, 0.1) is 0 Å². The number of ether oxygens (including phenoxy) is 2. The standard InChI is InChI=1S/C13H25NO3/c1-3-4-8-12(14)13(15)17-11-7-5-6-10(9-11)16-2/h10-12H,3-9,14H2,1-2H3. The summed E-state index contributed by atoms with van der Waals surface area (Å²) in [6, 6.07) is -0.460. The quantitative estimate of drug-likeness (QED) is 0.725. The molecule has 1 fully saturated rings. The average Bonchev–Trinajstić information content (AvgIpc) is 2.36. The fraction of sp³-hybridized carbons (Fsp3) is 0.923. The molecule has 4 nitrogen and oxygen atoms in total. The van der Waals surface area contributed by atoms with Crippen LogP contribution in [0.25, 0.3) is 0 Å². The molecular formula is C13H25NO3. The van der Waals surface area contributed by atoms with Crippen molar-refractivity contribution in [2.24, 2.45) is 5.73 Å². The second-order valence-corrected chi connectivity index (χ2v) is 4.83. The van der Waals surface area contributed by atoms with E-state index in [1.54, 1.807) is 7.11 Å². The summed E-state index contributed by atoms with van der Waals surface area (Å²) in [6.45, 7) is 2.09. The third kappa shape index (κ3) is 5.04. The Bertz CT molecular complexity index is 233. The van der Waals surface area contributed by atoms with Crippen LogP contribution in [0.3, 0.4) is 0 Å². The molecule has 17 heavy (non-hydrogen) atoms. The minimum atomic E-state index is -0.460. The second kappa shape index (κ2) is 7.67. The monoisotopic (exact) mass is 243 g/mol. The van der Waals surface area contributed by atoms with Crippen LogP contribution in [0.4, 0.5) is 0 Å². The van der Waals surface area contributed by atoms with E-state index < -0.39 is 6.04 Å². The molecule has 0 aromatic carbocycles. The van der Waals surface area contributed by atoms with E-state index in [1.807, 2.05) is 0 Å². The van der Waals surface area contributed by atoms with Crippen LogP contribution in [0.2, 0.25) is 0 Å². The maximum atomic E-state index is 11.7. The Labute approximate surface area is 104 Å². The van der Waals surface area contributed by atoms with Crippen molar-refractivity contribution in [3.63, 3.8) is 0 Å². The Balaban J connectivity index is 2.29. The van der Waals surface area contributed by atoms with E-state index in [0.717, 1.165) is 44.9 Å². The van der Waals surface area contributed by atoms with Crippen molar-refractivity contribution in [3.8, 4) is 0 Å². The van der Waals surface area contributed by atoms with Crippen LogP contribution in [-0.2, 0) is 14.3 Å². The summed E-state index contributed by atoms with van der Waals surface area (Å²) in [5, 5.41) is 0. The third-order valence-corrected chi connectivity index (χ3v) is 3.37. The topological polar surface area (TPSA) is 61.6 Å². The number of unbranched alkanes of at least 4 members (excludes halogenated alkanes) is 1. The van der Waals surface area contributed by atoms with Crippen molar-refractivity contribution in [3.05, 3.63) is 0 Å². The zero-order valence-electron chi connectivity index (χ0n) is 11.0. The largest absolute Gasteiger partial charge is 0.461 e. The summed E-state index contributed by atoms with van der Waals surface area (Å²) in [7, 11) is 1.71. The first-order chi connectivity index (χ1) is 8.17. The van der Waals surface area contributed by atoms with E-state index in [1.165, 1.54) is 0 Å². The van der Waals surface area contributed by atoms with Gasteiger partial charge in [-0.15, -0.1) is 0 Å². The van der Waals surface area contributed by atoms with E-state index in [9.17, 15) is 4.79 Å². The van der Waals surface area contributed by atoms with Crippen LogP contribution in [0.1, 0.15) is 51.9 Å². The maximum Gasteiger partial charge on any atom is 0.323 e. The van der Waals surface area contributed by atoms with Crippen LogP contribution in [0.15, 0.2) is 0 Å².